The van der Waals surface area contributed by atoms with Crippen molar-refractivity contribution in [2.24, 2.45) is 0 Å². The summed E-state index contributed by atoms with van der Waals surface area (Å²) in [6.07, 6.45) is 4.01. The first-order valence-corrected chi connectivity index (χ1v) is 27.5. The zero-order chi connectivity index (χ0) is 54.7. The van der Waals surface area contributed by atoms with Crippen LogP contribution in [0.4, 0.5) is 28.4 Å². The number of para-hydroxylation sites is 10. The third-order valence-electron chi connectivity index (χ3n) is 17.4. The van der Waals surface area contributed by atoms with Crippen molar-refractivity contribution in [1.82, 2.24) is 23.7 Å². The molecule has 0 saturated carbocycles. The fourth-order valence-electron chi connectivity index (χ4n) is 14.0. The Labute approximate surface area is 474 Å². The van der Waals surface area contributed by atoms with Gasteiger partial charge in [0.1, 0.15) is 0 Å². The molecular formula is C73H40N8O2. The Bertz CT molecular complexity index is 5090. The SMILES string of the molecule is [C-]#[N+]c1ccc2c(c1)c1cc([N+]#[C-])ccc1n2-c1cccc2c1Oc1c(N3c4ccccc4Oc4ccccc43)cccc1C21c2cc(-n3c4ccccc4c4ccccc43)cnc2-c2ncc(-n3c4ccccc4c4ccccc43)cc21. The fourth-order valence-corrected chi connectivity index (χ4v) is 14.0. The summed E-state index contributed by atoms with van der Waals surface area (Å²) >= 11 is 0. The normalized spacial score (nSPS) is 13.3. The fraction of sp³-hybridized carbons (Fsp3) is 0.0137. The summed E-state index contributed by atoms with van der Waals surface area (Å²) in [7, 11) is 0. The van der Waals surface area contributed by atoms with E-state index in [-0.39, 0.29) is 0 Å². The Balaban J connectivity index is 1.01. The van der Waals surface area contributed by atoms with E-state index in [0.29, 0.717) is 22.9 Å². The van der Waals surface area contributed by atoms with Gasteiger partial charge in [-0.2, -0.15) is 0 Å². The maximum Gasteiger partial charge on any atom is 0.188 e. The van der Waals surface area contributed by atoms with Crippen LogP contribution in [-0.2, 0) is 5.41 Å². The van der Waals surface area contributed by atoms with Gasteiger partial charge in [0.05, 0.1) is 110 Å². The van der Waals surface area contributed by atoms with E-state index in [1.54, 1.807) is 0 Å². The van der Waals surface area contributed by atoms with Gasteiger partial charge < -0.3 is 23.2 Å². The lowest BCUT2D eigenvalue weighted by atomic mass is 9.66. The Morgan fingerprint density at radius 2 is 0.735 bits per heavy atom. The standard InChI is InChI=1S/C73H40N8O2/c1-74-43-33-35-61-51(37-43)52-38-44(75-2)34-36-62(52)80(61)65-29-15-21-53-71(65)83-72-54(22-16-30-66(72)81-63-27-11-13-31-67(63)82-68-32-14-12-28-64(68)81)73(53)55-39-45(78-57-23-7-3-17-47(57)48-18-4-8-24-58(48)78)41-76-69(55)70-56(73)40-46(42-77-70)79-59-25-9-5-19-49(59)50-20-6-10-26-60(50)79/h3-42H. The summed E-state index contributed by atoms with van der Waals surface area (Å²) < 4.78 is 21.5. The van der Waals surface area contributed by atoms with Crippen molar-refractivity contribution in [1.29, 1.82) is 0 Å². The lowest BCUT2D eigenvalue weighted by molar-refractivity contribution is 0.434. The molecule has 1 aliphatic carbocycles. The summed E-state index contributed by atoms with van der Waals surface area (Å²) in [5.41, 5.74) is 16.3. The highest BCUT2D eigenvalue weighted by Crippen LogP contribution is 2.66. The van der Waals surface area contributed by atoms with Crippen LogP contribution in [0.25, 0.3) is 104 Å². The summed E-state index contributed by atoms with van der Waals surface area (Å²) in [5, 5.41) is 6.33. The molecular weight excluding hydrogens is 1020 g/mol. The quantitative estimate of drug-likeness (QED) is 0.164. The largest absolute Gasteiger partial charge is 0.453 e. The summed E-state index contributed by atoms with van der Waals surface area (Å²) in [6.45, 7) is 16.2. The van der Waals surface area contributed by atoms with Crippen LogP contribution in [0, 0.1) is 13.1 Å². The van der Waals surface area contributed by atoms with Crippen molar-refractivity contribution >= 4 is 93.9 Å². The second-order valence-electron chi connectivity index (χ2n) is 21.4. The van der Waals surface area contributed by atoms with Gasteiger partial charge in [0.25, 0.3) is 0 Å². The van der Waals surface area contributed by atoms with Gasteiger partial charge in [-0.15, -0.1) is 0 Å². The maximum atomic E-state index is 8.08. The topological polar surface area (TPSA) is 71.0 Å². The highest BCUT2D eigenvalue weighted by atomic mass is 16.5. The average Bonchev–Trinajstić information content (AvgIpc) is 2.59. The van der Waals surface area contributed by atoms with Gasteiger partial charge in [-0.1, -0.05) is 133 Å². The molecule has 1 spiro atoms. The van der Waals surface area contributed by atoms with Crippen molar-refractivity contribution < 1.29 is 9.47 Å². The number of ether oxygens (including phenoxy) is 2. The minimum atomic E-state index is -1.15. The molecule has 0 bridgehead atoms. The Morgan fingerprint density at radius 1 is 0.337 bits per heavy atom. The van der Waals surface area contributed by atoms with Gasteiger partial charge in [-0.05, 0) is 108 Å². The van der Waals surface area contributed by atoms with Crippen molar-refractivity contribution in [2.75, 3.05) is 4.90 Å². The van der Waals surface area contributed by atoms with E-state index in [0.717, 1.165) is 145 Å². The molecule has 18 rings (SSSR count). The van der Waals surface area contributed by atoms with Crippen LogP contribution in [0.1, 0.15) is 22.3 Å². The minimum Gasteiger partial charge on any atom is -0.453 e. The van der Waals surface area contributed by atoms with Crippen molar-refractivity contribution in [3.05, 3.63) is 288 Å². The molecule has 2 aliphatic heterocycles. The van der Waals surface area contributed by atoms with Crippen LogP contribution in [0.15, 0.2) is 243 Å². The van der Waals surface area contributed by atoms with Crippen LogP contribution in [0.5, 0.6) is 23.0 Å². The third-order valence-corrected chi connectivity index (χ3v) is 17.4. The molecule has 0 fully saturated rings. The molecule has 0 N–H and O–H groups in total. The van der Waals surface area contributed by atoms with Crippen LogP contribution in [0.3, 0.4) is 0 Å². The third kappa shape index (κ3) is 5.97. The highest BCUT2D eigenvalue weighted by molar-refractivity contribution is 6.13. The number of anilines is 3. The van der Waals surface area contributed by atoms with E-state index in [2.05, 4.69) is 186 Å². The second kappa shape index (κ2) is 16.7. The van der Waals surface area contributed by atoms with E-state index in [1.807, 2.05) is 85.2 Å². The molecule has 10 nitrogen and oxygen atoms in total. The molecule has 0 unspecified atom stereocenters. The summed E-state index contributed by atoms with van der Waals surface area (Å²) in [6, 6.07) is 80.0. The molecule has 0 radical (unpaired) electrons. The monoisotopic (exact) mass is 1060 g/mol. The first kappa shape index (κ1) is 45.2. The smallest absolute Gasteiger partial charge is 0.188 e. The van der Waals surface area contributed by atoms with Crippen molar-refractivity contribution in [2.45, 2.75) is 5.41 Å². The van der Waals surface area contributed by atoms with Gasteiger partial charge in [-0.3, -0.25) is 14.9 Å². The first-order valence-electron chi connectivity index (χ1n) is 27.5. The van der Waals surface area contributed by atoms with Crippen molar-refractivity contribution in [3.8, 4) is 51.4 Å². The Kier molecular flexibility index (Phi) is 9.07. The number of rotatable bonds is 4. The molecule has 0 atom stereocenters. The molecule has 0 saturated heterocycles. The number of aromatic nitrogens is 5. The lowest BCUT2D eigenvalue weighted by Gasteiger charge is -2.42. The van der Waals surface area contributed by atoms with Crippen LogP contribution >= 0.6 is 0 Å². The van der Waals surface area contributed by atoms with E-state index in [4.69, 9.17) is 32.6 Å². The zero-order valence-corrected chi connectivity index (χ0v) is 44.0. The predicted molar refractivity (Wildman–Crippen MR) is 330 cm³/mol. The van der Waals surface area contributed by atoms with Gasteiger partial charge in [0.2, 0.25) is 0 Å². The van der Waals surface area contributed by atoms with E-state index in [9.17, 15) is 0 Å². The van der Waals surface area contributed by atoms with Crippen LogP contribution in [0.2, 0.25) is 0 Å². The van der Waals surface area contributed by atoms with E-state index >= 15 is 0 Å². The predicted octanol–water partition coefficient (Wildman–Crippen LogP) is 18.9. The van der Waals surface area contributed by atoms with Crippen LogP contribution in [-0.4, -0.2) is 23.7 Å². The zero-order valence-electron chi connectivity index (χ0n) is 44.0. The molecule has 5 aromatic heterocycles. The number of nitrogens with zero attached hydrogens (tertiary/aromatic N) is 8. The van der Waals surface area contributed by atoms with Crippen LogP contribution < -0.4 is 14.4 Å². The van der Waals surface area contributed by atoms with Gasteiger partial charge >= 0.3 is 0 Å². The number of benzene rings is 10. The minimum absolute atomic E-state index is 0.511. The number of fused-ring (bicyclic) bond motifs is 20. The lowest BCUT2D eigenvalue weighted by Crippen LogP contribution is -2.33. The highest BCUT2D eigenvalue weighted by Gasteiger charge is 2.54. The van der Waals surface area contributed by atoms with E-state index < -0.39 is 5.41 Å². The Hall–Kier alpha value is -11.7. The molecule has 83 heavy (non-hydrogen) atoms. The maximum absolute atomic E-state index is 8.08. The van der Waals surface area contributed by atoms with Gasteiger partial charge in [-0.25, -0.2) is 9.69 Å². The molecule has 384 valence electrons. The molecule has 0 amide bonds. The van der Waals surface area contributed by atoms with Crippen molar-refractivity contribution in [3.63, 3.8) is 0 Å². The number of hydrogen-bond donors (Lipinski definition) is 0. The summed E-state index contributed by atoms with van der Waals surface area (Å²) in [4.78, 5) is 21.2. The van der Waals surface area contributed by atoms with Gasteiger partial charge in [0.15, 0.2) is 34.4 Å². The molecule has 10 aromatic carbocycles. The number of hydrogen-bond acceptors (Lipinski definition) is 5. The molecule has 3 aliphatic rings. The summed E-state index contributed by atoms with van der Waals surface area (Å²) in [5.74, 6) is 2.71. The van der Waals surface area contributed by atoms with Gasteiger partial charge in [0, 0.05) is 43.8 Å². The van der Waals surface area contributed by atoms with E-state index in [1.165, 1.54) is 0 Å². The first-order chi connectivity index (χ1) is 41.1. The Morgan fingerprint density at radius 3 is 1.20 bits per heavy atom. The molecule has 15 aromatic rings. The molecule has 7 heterocycles. The number of pyridine rings is 2. The average molecular weight is 1060 g/mol. The molecule has 10 heteroatoms. The second-order valence-corrected chi connectivity index (χ2v) is 21.4.